The van der Waals surface area contributed by atoms with Crippen LogP contribution < -0.4 is 0 Å². The van der Waals surface area contributed by atoms with E-state index in [4.69, 9.17) is 4.42 Å². The second kappa shape index (κ2) is 6.05. The maximum atomic E-state index is 13.1. The smallest absolute Gasteiger partial charge is 0.226 e. The summed E-state index contributed by atoms with van der Waals surface area (Å²) < 4.78 is 18.4. The first kappa shape index (κ1) is 13.1. The monoisotopic (exact) mass is 265 g/mol. The molecule has 1 aromatic heterocycles. The highest BCUT2D eigenvalue weighted by Gasteiger charge is 2.07. The third-order valence-electron chi connectivity index (χ3n) is 2.32. The van der Waals surface area contributed by atoms with Crippen molar-refractivity contribution in [2.45, 2.75) is 19.6 Å². The molecule has 18 heavy (non-hydrogen) atoms. The maximum absolute atomic E-state index is 13.1. The van der Waals surface area contributed by atoms with Crippen molar-refractivity contribution >= 4 is 11.8 Å². The van der Waals surface area contributed by atoms with Gasteiger partial charge in [-0.15, -0.1) is 0 Å². The van der Waals surface area contributed by atoms with Gasteiger partial charge < -0.3 is 4.42 Å². The lowest BCUT2D eigenvalue weighted by atomic mass is 10.2. The quantitative estimate of drug-likeness (QED) is 0.803. The lowest BCUT2D eigenvalue weighted by Gasteiger charge is -2.01. The molecule has 0 aliphatic carbocycles. The third-order valence-corrected chi connectivity index (χ3v) is 3.73. The highest BCUT2D eigenvalue weighted by molar-refractivity contribution is 7.98. The second-order valence-electron chi connectivity index (χ2n) is 4.56. The summed E-state index contributed by atoms with van der Waals surface area (Å²) in [5.74, 6) is 2.81. The Morgan fingerprint density at radius 3 is 2.94 bits per heavy atom. The molecule has 1 aromatic carbocycles. The number of aromatic nitrogens is 1. The van der Waals surface area contributed by atoms with Gasteiger partial charge >= 0.3 is 0 Å². The van der Waals surface area contributed by atoms with Gasteiger partial charge in [0.25, 0.3) is 0 Å². The molecule has 0 atom stereocenters. The van der Waals surface area contributed by atoms with Crippen molar-refractivity contribution in [3.05, 3.63) is 42.0 Å². The largest absolute Gasteiger partial charge is 0.444 e. The van der Waals surface area contributed by atoms with E-state index >= 15 is 0 Å². The molecule has 0 spiro atoms. The molecule has 4 heteroatoms. The summed E-state index contributed by atoms with van der Waals surface area (Å²) in [4.78, 5) is 4.36. The number of benzene rings is 1. The molecule has 96 valence electrons. The van der Waals surface area contributed by atoms with Gasteiger partial charge in [-0.3, -0.25) is 0 Å². The highest BCUT2D eigenvalue weighted by atomic mass is 32.2. The van der Waals surface area contributed by atoms with E-state index in [2.05, 4.69) is 18.8 Å². The van der Waals surface area contributed by atoms with Gasteiger partial charge in [0.05, 0.1) is 5.69 Å². The Morgan fingerprint density at radius 1 is 1.39 bits per heavy atom. The van der Waals surface area contributed by atoms with Gasteiger partial charge in [-0.2, -0.15) is 11.8 Å². The second-order valence-corrected chi connectivity index (χ2v) is 5.59. The summed E-state index contributed by atoms with van der Waals surface area (Å²) in [6.07, 6.45) is 1.65. The Kier molecular flexibility index (Phi) is 4.42. The number of rotatable bonds is 5. The molecule has 0 aliphatic heterocycles. The summed E-state index contributed by atoms with van der Waals surface area (Å²) in [6.45, 7) is 4.38. The average molecular weight is 265 g/mol. The standard InChI is InChI=1S/C14H16FNOS/c1-10(2)8-18-9-13-7-17-14(16-13)11-4-3-5-12(15)6-11/h3-7,10H,8-9H2,1-2H3. The van der Waals surface area contributed by atoms with Crippen molar-refractivity contribution in [3.8, 4) is 11.5 Å². The van der Waals surface area contributed by atoms with E-state index in [0.29, 0.717) is 17.4 Å². The van der Waals surface area contributed by atoms with Crippen LogP contribution in [-0.2, 0) is 5.75 Å². The first-order valence-electron chi connectivity index (χ1n) is 5.93. The van der Waals surface area contributed by atoms with Crippen molar-refractivity contribution in [2.24, 2.45) is 5.92 Å². The Bertz CT molecular complexity index is 510. The van der Waals surface area contributed by atoms with Gasteiger partial charge in [0.1, 0.15) is 12.1 Å². The minimum absolute atomic E-state index is 0.276. The molecule has 0 aliphatic rings. The minimum atomic E-state index is -0.276. The predicted molar refractivity (Wildman–Crippen MR) is 72.9 cm³/mol. The lowest BCUT2D eigenvalue weighted by molar-refractivity contribution is 0.571. The van der Waals surface area contributed by atoms with Gasteiger partial charge in [-0.1, -0.05) is 19.9 Å². The van der Waals surface area contributed by atoms with E-state index in [9.17, 15) is 4.39 Å². The van der Waals surface area contributed by atoms with Crippen molar-refractivity contribution in [1.29, 1.82) is 0 Å². The fourth-order valence-corrected chi connectivity index (χ4v) is 2.46. The summed E-state index contributed by atoms with van der Waals surface area (Å²) in [5, 5.41) is 0. The predicted octanol–water partition coefficient (Wildman–Crippen LogP) is 4.37. The number of hydrogen-bond acceptors (Lipinski definition) is 3. The van der Waals surface area contributed by atoms with Gasteiger partial charge in [0, 0.05) is 11.3 Å². The number of thioether (sulfide) groups is 1. The zero-order chi connectivity index (χ0) is 13.0. The van der Waals surface area contributed by atoms with Crippen molar-refractivity contribution in [3.63, 3.8) is 0 Å². The van der Waals surface area contributed by atoms with E-state index in [1.165, 1.54) is 12.1 Å². The summed E-state index contributed by atoms with van der Waals surface area (Å²) in [7, 11) is 0. The maximum Gasteiger partial charge on any atom is 0.226 e. The molecule has 2 aromatic rings. The van der Waals surface area contributed by atoms with E-state index in [0.717, 1.165) is 17.2 Å². The Labute approximate surface area is 111 Å². The van der Waals surface area contributed by atoms with E-state index < -0.39 is 0 Å². The molecule has 1 heterocycles. The van der Waals surface area contributed by atoms with Crippen LogP contribution in [0.15, 0.2) is 34.9 Å². The Hall–Kier alpha value is -1.29. The molecule has 0 unspecified atom stereocenters. The first-order chi connectivity index (χ1) is 8.65. The number of hydrogen-bond donors (Lipinski definition) is 0. The first-order valence-corrected chi connectivity index (χ1v) is 7.08. The van der Waals surface area contributed by atoms with E-state index in [-0.39, 0.29) is 5.82 Å². The molecular weight excluding hydrogens is 249 g/mol. The van der Waals surface area contributed by atoms with Crippen LogP contribution in [0.25, 0.3) is 11.5 Å². The zero-order valence-corrected chi connectivity index (χ0v) is 11.3. The van der Waals surface area contributed by atoms with Crippen LogP contribution >= 0.6 is 11.8 Å². The molecule has 0 amide bonds. The van der Waals surface area contributed by atoms with Crippen molar-refractivity contribution < 1.29 is 8.81 Å². The number of oxazole rings is 1. The average Bonchev–Trinajstić information content (AvgIpc) is 2.77. The molecule has 2 rings (SSSR count). The molecule has 0 N–H and O–H groups in total. The van der Waals surface area contributed by atoms with Gasteiger partial charge in [-0.05, 0) is 29.9 Å². The molecule has 0 saturated heterocycles. The number of nitrogens with zero attached hydrogens (tertiary/aromatic N) is 1. The van der Waals surface area contributed by atoms with Crippen LogP contribution in [0.3, 0.4) is 0 Å². The van der Waals surface area contributed by atoms with Crippen LogP contribution in [0, 0.1) is 11.7 Å². The van der Waals surface area contributed by atoms with Crippen LogP contribution in [0.5, 0.6) is 0 Å². The molecule has 0 bridgehead atoms. The lowest BCUT2D eigenvalue weighted by Crippen LogP contribution is -1.91. The molecule has 0 saturated carbocycles. The Balaban J connectivity index is 2.02. The third kappa shape index (κ3) is 3.60. The molecule has 0 fully saturated rings. The van der Waals surface area contributed by atoms with Crippen LogP contribution in [0.4, 0.5) is 4.39 Å². The van der Waals surface area contributed by atoms with Crippen LogP contribution in [0.1, 0.15) is 19.5 Å². The molecular formula is C14H16FNOS. The van der Waals surface area contributed by atoms with Crippen LogP contribution in [-0.4, -0.2) is 10.7 Å². The van der Waals surface area contributed by atoms with Gasteiger partial charge in [0.2, 0.25) is 5.89 Å². The topological polar surface area (TPSA) is 26.0 Å². The minimum Gasteiger partial charge on any atom is -0.444 e. The van der Waals surface area contributed by atoms with Crippen molar-refractivity contribution in [2.75, 3.05) is 5.75 Å². The number of halogens is 1. The van der Waals surface area contributed by atoms with E-state index in [1.54, 1.807) is 18.4 Å². The zero-order valence-electron chi connectivity index (χ0n) is 10.5. The summed E-state index contributed by atoms with van der Waals surface area (Å²) in [6, 6.07) is 6.28. The fraction of sp³-hybridized carbons (Fsp3) is 0.357. The van der Waals surface area contributed by atoms with Crippen molar-refractivity contribution in [1.82, 2.24) is 4.98 Å². The van der Waals surface area contributed by atoms with Gasteiger partial charge in [-0.25, -0.2) is 9.37 Å². The normalized spacial score (nSPS) is 11.1. The SMILES string of the molecule is CC(C)CSCc1coc(-c2cccc(F)c2)n1. The molecule has 2 nitrogen and oxygen atoms in total. The summed E-state index contributed by atoms with van der Waals surface area (Å²) >= 11 is 1.83. The van der Waals surface area contributed by atoms with Gasteiger partial charge in [0.15, 0.2) is 0 Å². The van der Waals surface area contributed by atoms with E-state index in [1.807, 2.05) is 11.8 Å². The van der Waals surface area contributed by atoms with Crippen LogP contribution in [0.2, 0.25) is 0 Å². The highest BCUT2D eigenvalue weighted by Crippen LogP contribution is 2.22. The fourth-order valence-electron chi connectivity index (χ4n) is 1.53. The molecule has 0 radical (unpaired) electrons. The Morgan fingerprint density at radius 2 is 2.22 bits per heavy atom. The summed E-state index contributed by atoms with van der Waals surface area (Å²) in [5.41, 5.74) is 1.58.